The molecule has 3 heterocycles. The summed E-state index contributed by atoms with van der Waals surface area (Å²) < 4.78 is 46.4. The summed E-state index contributed by atoms with van der Waals surface area (Å²) in [5.74, 6) is -0.909. The predicted octanol–water partition coefficient (Wildman–Crippen LogP) is 2.09. The van der Waals surface area contributed by atoms with Gasteiger partial charge >= 0.3 is 6.03 Å². The van der Waals surface area contributed by atoms with Gasteiger partial charge in [0.2, 0.25) is 5.91 Å². The van der Waals surface area contributed by atoms with E-state index in [1.54, 1.807) is 11.4 Å². The number of urea groups is 1. The molecule has 12 heteroatoms. The Morgan fingerprint density at radius 1 is 1.18 bits per heavy atom. The van der Waals surface area contributed by atoms with Crippen LogP contribution in [0.5, 0.6) is 0 Å². The number of carbonyl (C=O) groups excluding carboxylic acids is 2. The molecule has 0 bridgehead atoms. The number of halogens is 1. The van der Waals surface area contributed by atoms with E-state index in [1.165, 1.54) is 35.2 Å². The molecule has 2 N–H and O–H groups in total. The van der Waals surface area contributed by atoms with Crippen LogP contribution in [0.25, 0.3) is 0 Å². The van der Waals surface area contributed by atoms with E-state index in [-0.39, 0.29) is 36.5 Å². The summed E-state index contributed by atoms with van der Waals surface area (Å²) in [7, 11) is -3.90. The molecule has 2 unspecified atom stereocenters. The van der Waals surface area contributed by atoms with E-state index in [1.807, 2.05) is 0 Å². The van der Waals surface area contributed by atoms with E-state index in [9.17, 15) is 22.4 Å². The van der Waals surface area contributed by atoms with Crippen molar-refractivity contribution in [2.24, 2.45) is 0 Å². The Hall–Kier alpha value is -2.54. The molecule has 1 aromatic heterocycles. The molecule has 2 atom stereocenters. The van der Waals surface area contributed by atoms with Gasteiger partial charge in [-0.25, -0.2) is 17.6 Å². The first-order chi connectivity index (χ1) is 15.8. The summed E-state index contributed by atoms with van der Waals surface area (Å²) in [6, 6.07) is 6.85. The van der Waals surface area contributed by atoms with Crippen LogP contribution in [-0.2, 0) is 19.6 Å². The van der Waals surface area contributed by atoms with Crippen molar-refractivity contribution in [1.82, 2.24) is 14.5 Å². The van der Waals surface area contributed by atoms with Crippen molar-refractivity contribution in [1.29, 1.82) is 0 Å². The molecule has 2 aromatic rings. The fourth-order valence-electron chi connectivity index (χ4n) is 3.85. The molecule has 2 aliphatic heterocycles. The highest BCUT2D eigenvalue weighted by Crippen LogP contribution is 2.25. The molecular weight excluding hydrogens is 471 g/mol. The number of nitrogens with one attached hydrogen (secondary N) is 2. The fourth-order valence-corrected chi connectivity index (χ4v) is 6.54. The number of hydrogen-bond acceptors (Lipinski definition) is 6. The maximum absolute atomic E-state index is 13.2. The summed E-state index contributed by atoms with van der Waals surface area (Å²) in [4.78, 5) is 27.2. The van der Waals surface area contributed by atoms with Crippen LogP contribution in [0.3, 0.4) is 0 Å². The average molecular weight is 497 g/mol. The highest BCUT2D eigenvalue weighted by Gasteiger charge is 2.42. The number of thiophene rings is 1. The van der Waals surface area contributed by atoms with Gasteiger partial charge in [-0.1, -0.05) is 6.07 Å². The van der Waals surface area contributed by atoms with E-state index in [4.69, 9.17) is 4.74 Å². The number of anilines is 1. The quantitative estimate of drug-likeness (QED) is 0.637. The zero-order valence-corrected chi connectivity index (χ0v) is 19.4. The van der Waals surface area contributed by atoms with E-state index in [2.05, 4.69) is 10.6 Å². The number of carbonyl (C=O) groups is 2. The summed E-state index contributed by atoms with van der Waals surface area (Å²) in [5.41, 5.74) is 0.398. The zero-order chi connectivity index (χ0) is 23.4. The standard InChI is InChI=1S/C21H25FN4O5S2/c22-15-5-7-16(8-6-15)24-21(28)25-9-10-26(33(29,30)19-4-2-12-32-19)18(14-25)20(27)23-13-17-3-1-11-31-17/h2,4-8,12,17-18H,1,3,9-11,13-14H2,(H,23,27)(H,24,28). The number of nitrogens with zero attached hydrogens (tertiary/aromatic N) is 2. The van der Waals surface area contributed by atoms with Crippen LogP contribution < -0.4 is 10.6 Å². The lowest BCUT2D eigenvalue weighted by molar-refractivity contribution is -0.126. The second-order valence-electron chi connectivity index (χ2n) is 7.83. The van der Waals surface area contributed by atoms with Crippen molar-refractivity contribution >= 4 is 39.0 Å². The number of piperazine rings is 1. The second-order valence-corrected chi connectivity index (χ2v) is 10.9. The second kappa shape index (κ2) is 10.2. The van der Waals surface area contributed by atoms with Gasteiger partial charge in [-0.3, -0.25) is 4.79 Å². The molecule has 2 aliphatic rings. The summed E-state index contributed by atoms with van der Waals surface area (Å²) in [5, 5.41) is 7.11. The Morgan fingerprint density at radius 3 is 2.64 bits per heavy atom. The van der Waals surface area contributed by atoms with Crippen molar-refractivity contribution in [3.8, 4) is 0 Å². The molecule has 3 amide bonds. The van der Waals surface area contributed by atoms with Crippen LogP contribution in [-0.4, -0.2) is 74.5 Å². The van der Waals surface area contributed by atoms with Gasteiger partial charge < -0.3 is 20.3 Å². The number of rotatable bonds is 6. The number of ether oxygens (including phenoxy) is 1. The minimum absolute atomic E-state index is 0.0327. The minimum atomic E-state index is -3.90. The minimum Gasteiger partial charge on any atom is -0.376 e. The van der Waals surface area contributed by atoms with E-state index in [0.717, 1.165) is 28.5 Å². The Balaban J connectivity index is 1.50. The summed E-state index contributed by atoms with van der Waals surface area (Å²) in [6.07, 6.45) is 1.65. The number of benzene rings is 1. The lowest BCUT2D eigenvalue weighted by Crippen LogP contribution is -2.62. The third-order valence-corrected chi connectivity index (χ3v) is 8.88. The Morgan fingerprint density at radius 2 is 1.97 bits per heavy atom. The van der Waals surface area contributed by atoms with Crippen molar-refractivity contribution in [3.05, 3.63) is 47.6 Å². The molecule has 0 spiro atoms. The fraction of sp³-hybridized carbons (Fsp3) is 0.429. The Bertz CT molecular complexity index is 1070. The van der Waals surface area contributed by atoms with Crippen molar-refractivity contribution in [2.45, 2.75) is 29.2 Å². The molecule has 4 rings (SSSR count). The van der Waals surface area contributed by atoms with Gasteiger partial charge in [0.1, 0.15) is 16.1 Å². The molecular formula is C21H25FN4O5S2. The summed E-state index contributed by atoms with van der Waals surface area (Å²) in [6.45, 7) is 0.876. The highest BCUT2D eigenvalue weighted by atomic mass is 32.2. The van der Waals surface area contributed by atoms with E-state index < -0.39 is 33.8 Å². The van der Waals surface area contributed by atoms with Crippen LogP contribution in [0.1, 0.15) is 12.8 Å². The number of amides is 3. The van der Waals surface area contributed by atoms with Crippen LogP contribution in [0, 0.1) is 5.82 Å². The topological polar surface area (TPSA) is 108 Å². The predicted molar refractivity (Wildman–Crippen MR) is 121 cm³/mol. The normalized spacial score (nSPS) is 21.7. The lowest BCUT2D eigenvalue weighted by atomic mass is 10.2. The van der Waals surface area contributed by atoms with Gasteiger partial charge in [-0.15, -0.1) is 11.3 Å². The first kappa shape index (κ1) is 23.6. The van der Waals surface area contributed by atoms with Crippen molar-refractivity contribution in [3.63, 3.8) is 0 Å². The van der Waals surface area contributed by atoms with E-state index >= 15 is 0 Å². The Labute approximate surface area is 195 Å². The van der Waals surface area contributed by atoms with Gasteiger partial charge in [0.25, 0.3) is 10.0 Å². The van der Waals surface area contributed by atoms with Gasteiger partial charge in [0.05, 0.1) is 6.10 Å². The van der Waals surface area contributed by atoms with Gasteiger partial charge in [-0.05, 0) is 48.6 Å². The van der Waals surface area contributed by atoms with E-state index in [0.29, 0.717) is 12.3 Å². The van der Waals surface area contributed by atoms with Crippen LogP contribution in [0.15, 0.2) is 46.0 Å². The van der Waals surface area contributed by atoms with Gasteiger partial charge in [-0.2, -0.15) is 4.31 Å². The molecule has 0 aliphatic carbocycles. The largest absolute Gasteiger partial charge is 0.376 e. The maximum Gasteiger partial charge on any atom is 0.321 e. The third kappa shape index (κ3) is 5.52. The molecule has 2 fully saturated rings. The van der Waals surface area contributed by atoms with Gasteiger partial charge in [0.15, 0.2) is 0 Å². The molecule has 0 radical (unpaired) electrons. The van der Waals surface area contributed by atoms with Crippen molar-refractivity contribution < 1.29 is 27.1 Å². The number of sulfonamides is 1. The highest BCUT2D eigenvalue weighted by molar-refractivity contribution is 7.91. The monoisotopic (exact) mass is 496 g/mol. The van der Waals surface area contributed by atoms with Crippen molar-refractivity contribution in [2.75, 3.05) is 38.1 Å². The molecule has 0 saturated carbocycles. The Kier molecular flexibility index (Phi) is 7.27. The third-order valence-electron chi connectivity index (χ3n) is 5.60. The molecule has 33 heavy (non-hydrogen) atoms. The van der Waals surface area contributed by atoms with Crippen LogP contribution in [0.4, 0.5) is 14.9 Å². The summed E-state index contributed by atoms with van der Waals surface area (Å²) >= 11 is 1.08. The molecule has 9 nitrogen and oxygen atoms in total. The molecule has 1 aromatic carbocycles. The molecule has 2 saturated heterocycles. The van der Waals surface area contributed by atoms with Gasteiger partial charge in [0, 0.05) is 38.5 Å². The average Bonchev–Trinajstić information content (AvgIpc) is 3.53. The molecule has 178 valence electrons. The smallest absolute Gasteiger partial charge is 0.321 e. The SMILES string of the molecule is O=C(NCC1CCCO1)C1CN(C(=O)Nc2ccc(F)cc2)CCN1S(=O)(=O)c1cccs1. The zero-order valence-electron chi connectivity index (χ0n) is 17.8. The number of hydrogen-bond donors (Lipinski definition) is 2. The van der Waals surface area contributed by atoms with Crippen LogP contribution in [0.2, 0.25) is 0 Å². The lowest BCUT2D eigenvalue weighted by Gasteiger charge is -2.39. The first-order valence-corrected chi connectivity index (χ1v) is 12.9. The van der Waals surface area contributed by atoms with Crippen LogP contribution >= 0.6 is 11.3 Å². The first-order valence-electron chi connectivity index (χ1n) is 10.6. The maximum atomic E-state index is 13.2.